The van der Waals surface area contributed by atoms with Crippen molar-refractivity contribution in [1.82, 2.24) is 15.1 Å². The number of rotatable bonds is 7. The Morgan fingerprint density at radius 3 is 2.65 bits per heavy atom. The molecule has 0 aliphatic heterocycles. The summed E-state index contributed by atoms with van der Waals surface area (Å²) in [6, 6.07) is 6.66. The van der Waals surface area contributed by atoms with Crippen LogP contribution in [0.1, 0.15) is 22.6 Å². The molecule has 0 fully saturated rings. The Hall–Kier alpha value is -2.64. The molecule has 1 amide bonds. The van der Waals surface area contributed by atoms with Crippen LogP contribution >= 0.6 is 0 Å². The normalized spacial score (nSPS) is 10.7. The minimum Gasteiger partial charge on any atom is -0.493 e. The number of halogens is 2. The molecule has 0 aliphatic rings. The second-order valence-corrected chi connectivity index (χ2v) is 4.63. The molecule has 0 aliphatic carbocycles. The van der Waals surface area contributed by atoms with E-state index in [9.17, 15) is 13.6 Å². The fraction of sp³-hybridized carbons (Fsp3) is 0.333. The molecular weight excluding hydrogens is 308 g/mol. The van der Waals surface area contributed by atoms with Crippen LogP contribution in [0.3, 0.4) is 0 Å². The van der Waals surface area contributed by atoms with E-state index in [-0.39, 0.29) is 5.69 Å². The SMILES string of the molecule is COc1ccc(CCNC(=O)c2ccnn2C(F)F)cc1OC. The van der Waals surface area contributed by atoms with Crippen LogP contribution in [-0.2, 0) is 6.42 Å². The smallest absolute Gasteiger partial charge is 0.333 e. The number of alkyl halides is 2. The van der Waals surface area contributed by atoms with E-state index in [0.29, 0.717) is 29.1 Å². The van der Waals surface area contributed by atoms with Gasteiger partial charge in [0.05, 0.1) is 14.2 Å². The molecule has 0 unspecified atom stereocenters. The molecule has 124 valence electrons. The minimum absolute atomic E-state index is 0.174. The molecular formula is C15H17F2N3O3. The Bertz CT molecular complexity index is 674. The largest absolute Gasteiger partial charge is 0.493 e. The molecule has 0 atom stereocenters. The van der Waals surface area contributed by atoms with Gasteiger partial charge in [-0.3, -0.25) is 4.79 Å². The number of hydrogen-bond acceptors (Lipinski definition) is 4. The molecule has 0 bridgehead atoms. The van der Waals surface area contributed by atoms with Gasteiger partial charge in [0, 0.05) is 12.7 Å². The lowest BCUT2D eigenvalue weighted by molar-refractivity contribution is 0.0510. The first-order valence-corrected chi connectivity index (χ1v) is 6.87. The quantitative estimate of drug-likeness (QED) is 0.848. The first kappa shape index (κ1) is 16.7. The van der Waals surface area contributed by atoms with Crippen LogP contribution in [0.15, 0.2) is 30.5 Å². The summed E-state index contributed by atoms with van der Waals surface area (Å²) in [5.74, 6) is 0.608. The molecule has 6 nitrogen and oxygen atoms in total. The van der Waals surface area contributed by atoms with Gasteiger partial charge < -0.3 is 14.8 Å². The third kappa shape index (κ3) is 3.97. The highest BCUT2D eigenvalue weighted by Gasteiger charge is 2.17. The number of carbonyl (C=O) groups is 1. The molecule has 1 aromatic carbocycles. The molecule has 23 heavy (non-hydrogen) atoms. The lowest BCUT2D eigenvalue weighted by atomic mass is 10.1. The van der Waals surface area contributed by atoms with Crippen molar-refractivity contribution < 1.29 is 23.0 Å². The van der Waals surface area contributed by atoms with Crippen LogP contribution in [0, 0.1) is 0 Å². The molecule has 1 N–H and O–H groups in total. The fourth-order valence-corrected chi connectivity index (χ4v) is 2.10. The maximum Gasteiger partial charge on any atom is 0.333 e. The van der Waals surface area contributed by atoms with Gasteiger partial charge in [-0.2, -0.15) is 18.6 Å². The van der Waals surface area contributed by atoms with Gasteiger partial charge in [-0.05, 0) is 30.2 Å². The van der Waals surface area contributed by atoms with E-state index in [1.54, 1.807) is 19.2 Å². The van der Waals surface area contributed by atoms with E-state index in [1.807, 2.05) is 6.07 Å². The molecule has 8 heteroatoms. The van der Waals surface area contributed by atoms with Gasteiger partial charge in [0.1, 0.15) is 5.69 Å². The Kier molecular flexibility index (Phi) is 5.51. The standard InChI is InChI=1S/C15H17F2N3O3/c1-22-12-4-3-10(9-13(12)23-2)5-7-18-14(21)11-6-8-19-20(11)15(16)17/h3-4,6,8-9,15H,5,7H2,1-2H3,(H,18,21). The van der Waals surface area contributed by atoms with Gasteiger partial charge in [-0.15, -0.1) is 0 Å². The summed E-state index contributed by atoms with van der Waals surface area (Å²) in [5.41, 5.74) is 0.748. The summed E-state index contributed by atoms with van der Waals surface area (Å²) in [6.07, 6.45) is 1.68. The molecule has 0 saturated heterocycles. The highest BCUT2D eigenvalue weighted by atomic mass is 19.3. The third-order valence-electron chi connectivity index (χ3n) is 3.23. The summed E-state index contributed by atoms with van der Waals surface area (Å²) in [4.78, 5) is 11.9. The number of methoxy groups -OCH3 is 2. The van der Waals surface area contributed by atoms with Crippen molar-refractivity contribution in [2.24, 2.45) is 0 Å². The number of nitrogens with zero attached hydrogens (tertiary/aromatic N) is 2. The lowest BCUT2D eigenvalue weighted by Gasteiger charge is -2.10. The first-order chi connectivity index (χ1) is 11.1. The third-order valence-corrected chi connectivity index (χ3v) is 3.23. The summed E-state index contributed by atoms with van der Waals surface area (Å²) in [6.45, 7) is -2.56. The van der Waals surface area contributed by atoms with Crippen molar-refractivity contribution in [3.8, 4) is 11.5 Å². The van der Waals surface area contributed by atoms with E-state index in [1.165, 1.54) is 13.2 Å². The number of benzene rings is 1. The highest BCUT2D eigenvalue weighted by molar-refractivity contribution is 5.92. The van der Waals surface area contributed by atoms with Gasteiger partial charge in [0.25, 0.3) is 5.91 Å². The van der Waals surface area contributed by atoms with Crippen molar-refractivity contribution in [3.63, 3.8) is 0 Å². The highest BCUT2D eigenvalue weighted by Crippen LogP contribution is 2.27. The number of aromatic nitrogens is 2. The fourth-order valence-electron chi connectivity index (χ4n) is 2.10. The van der Waals surface area contributed by atoms with Crippen LogP contribution in [0.4, 0.5) is 8.78 Å². The first-order valence-electron chi connectivity index (χ1n) is 6.87. The lowest BCUT2D eigenvalue weighted by Crippen LogP contribution is -2.28. The topological polar surface area (TPSA) is 65.4 Å². The number of hydrogen-bond donors (Lipinski definition) is 1. The Morgan fingerprint density at radius 2 is 2.00 bits per heavy atom. The molecule has 1 aromatic heterocycles. The number of nitrogens with one attached hydrogen (secondary N) is 1. The second-order valence-electron chi connectivity index (χ2n) is 4.63. The summed E-state index contributed by atoms with van der Waals surface area (Å²) in [7, 11) is 3.08. The van der Waals surface area contributed by atoms with Crippen molar-refractivity contribution in [2.45, 2.75) is 13.0 Å². The zero-order valence-electron chi connectivity index (χ0n) is 12.8. The molecule has 2 aromatic rings. The van der Waals surface area contributed by atoms with E-state index in [2.05, 4.69) is 10.4 Å². The molecule has 2 rings (SSSR count). The van der Waals surface area contributed by atoms with Crippen molar-refractivity contribution in [3.05, 3.63) is 41.7 Å². The second kappa shape index (κ2) is 7.57. The monoisotopic (exact) mass is 325 g/mol. The zero-order chi connectivity index (χ0) is 16.8. The summed E-state index contributed by atoms with van der Waals surface area (Å²) in [5, 5.41) is 6.01. The van der Waals surface area contributed by atoms with E-state index < -0.39 is 12.5 Å². The van der Waals surface area contributed by atoms with Gasteiger partial charge in [0.15, 0.2) is 11.5 Å². The summed E-state index contributed by atoms with van der Waals surface area (Å²) >= 11 is 0. The van der Waals surface area contributed by atoms with Crippen LogP contribution in [0.2, 0.25) is 0 Å². The van der Waals surface area contributed by atoms with Crippen molar-refractivity contribution in [1.29, 1.82) is 0 Å². The van der Waals surface area contributed by atoms with Gasteiger partial charge in [-0.1, -0.05) is 6.07 Å². The molecule has 0 saturated carbocycles. The Labute approximate surface area is 132 Å². The average Bonchev–Trinajstić information content (AvgIpc) is 3.04. The maximum atomic E-state index is 12.7. The Morgan fingerprint density at radius 1 is 1.26 bits per heavy atom. The number of ether oxygens (including phenoxy) is 2. The molecule has 1 heterocycles. The van der Waals surface area contributed by atoms with Gasteiger partial charge in [0.2, 0.25) is 0 Å². The Balaban J connectivity index is 1.94. The van der Waals surface area contributed by atoms with Crippen LogP contribution in [0.5, 0.6) is 11.5 Å². The minimum atomic E-state index is -2.85. The zero-order valence-corrected chi connectivity index (χ0v) is 12.8. The van der Waals surface area contributed by atoms with Gasteiger partial charge >= 0.3 is 6.55 Å². The van der Waals surface area contributed by atoms with Crippen molar-refractivity contribution in [2.75, 3.05) is 20.8 Å². The van der Waals surface area contributed by atoms with Gasteiger partial charge in [-0.25, -0.2) is 0 Å². The molecule has 0 radical (unpaired) electrons. The van der Waals surface area contributed by atoms with Crippen LogP contribution in [-0.4, -0.2) is 36.5 Å². The number of amides is 1. The molecule has 0 spiro atoms. The number of carbonyl (C=O) groups excluding carboxylic acids is 1. The average molecular weight is 325 g/mol. The predicted octanol–water partition coefficient (Wildman–Crippen LogP) is 2.27. The van der Waals surface area contributed by atoms with Crippen molar-refractivity contribution >= 4 is 5.91 Å². The van der Waals surface area contributed by atoms with E-state index in [4.69, 9.17) is 9.47 Å². The van der Waals surface area contributed by atoms with E-state index in [0.717, 1.165) is 11.8 Å². The predicted molar refractivity (Wildman–Crippen MR) is 79.1 cm³/mol. The maximum absolute atomic E-state index is 12.7. The summed E-state index contributed by atoms with van der Waals surface area (Å²) < 4.78 is 36.0. The van der Waals surface area contributed by atoms with Crippen LogP contribution in [0.25, 0.3) is 0 Å². The van der Waals surface area contributed by atoms with Crippen LogP contribution < -0.4 is 14.8 Å². The van der Waals surface area contributed by atoms with E-state index >= 15 is 0 Å².